The molecule has 5 rings (SSSR count). The summed E-state index contributed by atoms with van der Waals surface area (Å²) in [5.74, 6) is 0. The molecular formula is C28H28O2. The fourth-order valence-corrected chi connectivity index (χ4v) is 5.58. The molecule has 2 saturated heterocycles. The van der Waals surface area contributed by atoms with Crippen molar-refractivity contribution >= 4 is 0 Å². The molecule has 3 aliphatic rings. The number of benzene rings is 2. The molecule has 3 fully saturated rings. The first kappa shape index (κ1) is 19.4. The predicted octanol–water partition coefficient (Wildman–Crippen LogP) is 6.78. The van der Waals surface area contributed by atoms with Gasteiger partial charge in [-0.25, -0.2) is 0 Å². The van der Waals surface area contributed by atoms with Crippen LogP contribution in [0.3, 0.4) is 0 Å². The normalized spacial score (nSPS) is 33.1. The van der Waals surface area contributed by atoms with E-state index < -0.39 is 0 Å². The van der Waals surface area contributed by atoms with Crippen LogP contribution in [-0.4, -0.2) is 11.2 Å². The molecule has 0 bridgehead atoms. The first-order valence-corrected chi connectivity index (χ1v) is 10.9. The molecule has 152 valence electrons. The lowest BCUT2D eigenvalue weighted by Crippen LogP contribution is -2.44. The third-order valence-corrected chi connectivity index (χ3v) is 7.25. The third kappa shape index (κ3) is 3.14. The van der Waals surface area contributed by atoms with Crippen LogP contribution in [0.1, 0.15) is 61.9 Å². The van der Waals surface area contributed by atoms with Crippen LogP contribution in [0.4, 0.5) is 0 Å². The van der Waals surface area contributed by atoms with E-state index in [1.54, 1.807) is 0 Å². The highest BCUT2D eigenvalue weighted by molar-refractivity contribution is 5.33. The van der Waals surface area contributed by atoms with Crippen molar-refractivity contribution in [1.82, 2.24) is 0 Å². The quantitative estimate of drug-likeness (QED) is 0.521. The van der Waals surface area contributed by atoms with Gasteiger partial charge in [0.1, 0.15) is 0 Å². The summed E-state index contributed by atoms with van der Waals surface area (Å²) in [4.78, 5) is 0. The van der Waals surface area contributed by atoms with Gasteiger partial charge in [0.25, 0.3) is 0 Å². The fourth-order valence-electron chi connectivity index (χ4n) is 5.58. The molecule has 2 heteroatoms. The zero-order chi connectivity index (χ0) is 20.6. The summed E-state index contributed by atoms with van der Waals surface area (Å²) >= 11 is 0. The maximum atomic E-state index is 6.72. The maximum Gasteiger partial charge on any atom is 0.0976 e. The number of hydrogen-bond acceptors (Lipinski definition) is 2. The number of ether oxygens (including phenoxy) is 2. The van der Waals surface area contributed by atoms with E-state index in [9.17, 15) is 0 Å². The Morgan fingerprint density at radius 3 is 1.33 bits per heavy atom. The van der Waals surface area contributed by atoms with Gasteiger partial charge < -0.3 is 9.47 Å². The summed E-state index contributed by atoms with van der Waals surface area (Å²) in [5.41, 5.74) is 10.8. The molecule has 1 aliphatic carbocycles. The molecule has 2 heterocycles. The zero-order valence-electron chi connectivity index (χ0n) is 17.4. The first-order valence-electron chi connectivity index (χ1n) is 10.9. The predicted molar refractivity (Wildman–Crippen MR) is 119 cm³/mol. The van der Waals surface area contributed by atoms with Gasteiger partial charge in [-0.15, -0.1) is 11.5 Å². The molecule has 2 spiro atoms. The highest BCUT2D eigenvalue weighted by atomic mass is 16.5. The highest BCUT2D eigenvalue weighted by Gasteiger charge is 2.54. The lowest BCUT2D eigenvalue weighted by Gasteiger charge is -2.43. The van der Waals surface area contributed by atoms with Crippen LogP contribution < -0.4 is 0 Å². The van der Waals surface area contributed by atoms with Crippen molar-refractivity contribution in [2.75, 3.05) is 0 Å². The molecule has 2 aromatic carbocycles. The van der Waals surface area contributed by atoms with E-state index in [0.717, 1.165) is 38.5 Å². The lowest BCUT2D eigenvalue weighted by molar-refractivity contribution is -0.113. The van der Waals surface area contributed by atoms with Gasteiger partial charge in [0, 0.05) is 24.0 Å². The molecule has 2 atom stereocenters. The second kappa shape index (κ2) is 7.58. The molecule has 2 aromatic rings. The van der Waals surface area contributed by atoms with E-state index in [4.69, 9.17) is 9.47 Å². The smallest absolute Gasteiger partial charge is 0.0976 e. The van der Waals surface area contributed by atoms with Gasteiger partial charge >= 0.3 is 0 Å². The van der Waals surface area contributed by atoms with E-state index in [-0.39, 0.29) is 23.4 Å². The summed E-state index contributed by atoms with van der Waals surface area (Å²) in [6.45, 7) is 7.98. The van der Waals surface area contributed by atoms with Gasteiger partial charge in [-0.05, 0) is 36.8 Å². The summed E-state index contributed by atoms with van der Waals surface area (Å²) in [6, 6.07) is 21.0. The molecule has 2 unspecified atom stereocenters. The molecule has 2 aliphatic heterocycles. The molecule has 0 aromatic heterocycles. The maximum absolute atomic E-state index is 6.72. The first-order chi connectivity index (χ1) is 14.7. The van der Waals surface area contributed by atoms with Gasteiger partial charge in [0.2, 0.25) is 0 Å². The molecule has 1 saturated carbocycles. The van der Waals surface area contributed by atoms with Crippen molar-refractivity contribution < 1.29 is 9.47 Å². The van der Waals surface area contributed by atoms with E-state index in [0.29, 0.717) is 0 Å². The molecular weight excluding hydrogens is 368 g/mol. The monoisotopic (exact) mass is 396 g/mol. The second-order valence-corrected chi connectivity index (χ2v) is 8.74. The largest absolute Gasteiger partial charge is 0.362 e. The Morgan fingerprint density at radius 2 is 1.00 bits per heavy atom. The van der Waals surface area contributed by atoms with E-state index in [1.165, 1.54) is 22.3 Å². The van der Waals surface area contributed by atoms with Gasteiger partial charge in [0.15, 0.2) is 0 Å². The van der Waals surface area contributed by atoms with Crippen molar-refractivity contribution in [3.8, 4) is 0 Å². The Bertz CT molecular complexity index is 929. The van der Waals surface area contributed by atoms with Crippen LogP contribution in [-0.2, 0) is 9.47 Å². The second-order valence-electron chi connectivity index (χ2n) is 8.74. The van der Waals surface area contributed by atoms with Gasteiger partial charge in [0.05, 0.1) is 23.4 Å². The minimum Gasteiger partial charge on any atom is -0.362 e. The van der Waals surface area contributed by atoms with Crippen LogP contribution in [0.2, 0.25) is 0 Å². The topological polar surface area (TPSA) is 18.5 Å². The van der Waals surface area contributed by atoms with Crippen molar-refractivity contribution in [3.63, 3.8) is 0 Å². The Kier molecular flexibility index (Phi) is 4.89. The van der Waals surface area contributed by atoms with Crippen molar-refractivity contribution in [3.05, 3.63) is 108 Å². The number of hydrogen-bond donors (Lipinski definition) is 0. The van der Waals surface area contributed by atoms with Crippen molar-refractivity contribution in [1.29, 1.82) is 0 Å². The third-order valence-electron chi connectivity index (χ3n) is 7.25. The Labute approximate surface area is 179 Å². The standard InChI is InChI=1S/C28H28O2/c1-3-23-19-25(21-11-7-5-8-12-21)29-27(23)15-17-28(18-16-27)24(4-2)20-26(30-28)22-13-9-6-10-14-22/h5-14,25-26H,1-2,15-20H2. The minimum atomic E-state index is -0.270. The average Bonchev–Trinajstić information content (AvgIpc) is 3.36. The Balaban J connectivity index is 1.37. The Hall–Kier alpha value is -2.60. The van der Waals surface area contributed by atoms with Crippen LogP contribution in [0.25, 0.3) is 0 Å². The van der Waals surface area contributed by atoms with Gasteiger partial charge in [-0.2, -0.15) is 0 Å². The molecule has 0 amide bonds. The van der Waals surface area contributed by atoms with Gasteiger partial charge in [-0.3, -0.25) is 0 Å². The van der Waals surface area contributed by atoms with E-state index in [2.05, 4.69) is 73.2 Å². The van der Waals surface area contributed by atoms with E-state index in [1.807, 2.05) is 12.1 Å². The molecule has 0 N–H and O–H groups in total. The summed E-state index contributed by atoms with van der Waals surface area (Å²) in [6.07, 6.45) is 5.58. The highest BCUT2D eigenvalue weighted by Crippen LogP contribution is 2.57. The number of rotatable bonds is 2. The Morgan fingerprint density at radius 1 is 0.633 bits per heavy atom. The zero-order valence-corrected chi connectivity index (χ0v) is 17.4. The van der Waals surface area contributed by atoms with Crippen molar-refractivity contribution in [2.24, 2.45) is 0 Å². The summed E-state index contributed by atoms with van der Waals surface area (Å²) < 4.78 is 13.4. The fraction of sp³-hybridized carbons (Fsp3) is 0.357. The molecule has 30 heavy (non-hydrogen) atoms. The van der Waals surface area contributed by atoms with Crippen molar-refractivity contribution in [2.45, 2.75) is 61.9 Å². The summed E-state index contributed by atoms with van der Waals surface area (Å²) in [7, 11) is 0. The van der Waals surface area contributed by atoms with E-state index >= 15 is 0 Å². The lowest BCUT2D eigenvalue weighted by atomic mass is 9.70. The summed E-state index contributed by atoms with van der Waals surface area (Å²) in [5, 5.41) is 0. The van der Waals surface area contributed by atoms with Crippen LogP contribution in [0.5, 0.6) is 0 Å². The SMILES string of the molecule is C=C=C1CC(c2ccccc2)OC12CCC1(CC2)OC(c2ccccc2)CC1=C=C. The average molecular weight is 397 g/mol. The van der Waals surface area contributed by atoms with Crippen LogP contribution >= 0.6 is 0 Å². The van der Waals surface area contributed by atoms with Crippen LogP contribution in [0.15, 0.2) is 96.4 Å². The van der Waals surface area contributed by atoms with Gasteiger partial charge in [-0.1, -0.05) is 73.8 Å². The minimum absolute atomic E-state index is 0.0838. The molecule has 0 radical (unpaired) electrons. The van der Waals surface area contributed by atoms with Crippen LogP contribution in [0, 0.1) is 0 Å². The molecule has 2 nitrogen and oxygen atoms in total.